The quantitative estimate of drug-likeness (QED) is 0.393. The fraction of sp³-hybridized carbons (Fsp3) is 0.588. The van der Waals surface area contributed by atoms with E-state index < -0.39 is 0 Å². The van der Waals surface area contributed by atoms with Crippen molar-refractivity contribution in [3.63, 3.8) is 0 Å². The number of ether oxygens (including phenoxy) is 2. The number of nitrogens with zero attached hydrogens (tertiary/aromatic N) is 1. The van der Waals surface area contributed by atoms with Crippen molar-refractivity contribution in [1.82, 2.24) is 10.6 Å². The minimum absolute atomic E-state index is 0.648. The van der Waals surface area contributed by atoms with Gasteiger partial charge in [0.2, 0.25) is 0 Å². The maximum absolute atomic E-state index is 5.41. The highest BCUT2D eigenvalue weighted by Crippen LogP contribution is 2.03. The summed E-state index contributed by atoms with van der Waals surface area (Å²) >= 11 is 0. The number of methoxy groups -OCH3 is 1. The van der Waals surface area contributed by atoms with Crippen LogP contribution in [0.3, 0.4) is 0 Å². The molecule has 0 amide bonds. The molecular formula is C17H29N3O2. The third-order valence-corrected chi connectivity index (χ3v) is 3.20. The van der Waals surface area contributed by atoms with Crippen molar-refractivity contribution in [2.24, 2.45) is 4.99 Å². The lowest BCUT2D eigenvalue weighted by molar-refractivity contribution is 0.0698. The molecule has 0 aliphatic rings. The Bertz CT molecular complexity index is 436. The molecule has 0 heterocycles. The zero-order chi connectivity index (χ0) is 16.0. The van der Waals surface area contributed by atoms with Crippen LogP contribution in [0.2, 0.25) is 0 Å². The van der Waals surface area contributed by atoms with Gasteiger partial charge in [0, 0.05) is 33.9 Å². The average molecular weight is 307 g/mol. The highest BCUT2D eigenvalue weighted by Gasteiger charge is 1.98. The molecule has 0 saturated heterocycles. The van der Waals surface area contributed by atoms with E-state index in [0.717, 1.165) is 38.5 Å². The van der Waals surface area contributed by atoms with Crippen molar-refractivity contribution in [3.05, 3.63) is 35.4 Å². The maximum Gasteiger partial charge on any atom is 0.190 e. The lowest BCUT2D eigenvalue weighted by Crippen LogP contribution is -2.39. The van der Waals surface area contributed by atoms with Gasteiger partial charge in [-0.25, -0.2) is 0 Å². The Balaban J connectivity index is 2.10. The number of hydrogen-bond donors (Lipinski definition) is 2. The van der Waals surface area contributed by atoms with Crippen molar-refractivity contribution in [2.75, 3.05) is 47.1 Å². The number of nitrogens with one attached hydrogen (secondary N) is 2. The molecule has 1 aromatic rings. The van der Waals surface area contributed by atoms with Gasteiger partial charge in [-0.1, -0.05) is 29.8 Å². The first kappa shape index (κ1) is 18.5. The molecule has 22 heavy (non-hydrogen) atoms. The van der Waals surface area contributed by atoms with E-state index in [-0.39, 0.29) is 0 Å². The molecule has 1 rings (SSSR count). The summed E-state index contributed by atoms with van der Waals surface area (Å²) in [5.41, 5.74) is 2.64. The van der Waals surface area contributed by atoms with Crippen molar-refractivity contribution in [1.29, 1.82) is 0 Å². The summed E-state index contributed by atoms with van der Waals surface area (Å²) in [6.45, 7) is 5.86. The van der Waals surface area contributed by atoms with Crippen LogP contribution >= 0.6 is 0 Å². The second kappa shape index (κ2) is 12.0. The molecular weight excluding hydrogens is 278 g/mol. The first-order valence-corrected chi connectivity index (χ1v) is 7.83. The number of hydrogen-bond acceptors (Lipinski definition) is 3. The van der Waals surface area contributed by atoms with E-state index in [1.807, 2.05) is 0 Å². The van der Waals surface area contributed by atoms with Crippen molar-refractivity contribution in [2.45, 2.75) is 19.8 Å². The molecule has 0 aromatic heterocycles. The van der Waals surface area contributed by atoms with E-state index in [2.05, 4.69) is 46.8 Å². The van der Waals surface area contributed by atoms with E-state index in [0.29, 0.717) is 13.2 Å². The average Bonchev–Trinajstić information content (AvgIpc) is 2.52. The van der Waals surface area contributed by atoms with Crippen LogP contribution < -0.4 is 10.6 Å². The van der Waals surface area contributed by atoms with Crippen molar-refractivity contribution in [3.8, 4) is 0 Å². The topological polar surface area (TPSA) is 54.9 Å². The Morgan fingerprint density at radius 2 is 1.95 bits per heavy atom. The van der Waals surface area contributed by atoms with E-state index >= 15 is 0 Å². The molecule has 0 aliphatic heterocycles. The summed E-state index contributed by atoms with van der Waals surface area (Å²) in [7, 11) is 3.47. The van der Waals surface area contributed by atoms with Gasteiger partial charge in [0.15, 0.2) is 5.96 Å². The zero-order valence-electron chi connectivity index (χ0n) is 14.0. The number of rotatable bonds is 10. The zero-order valence-corrected chi connectivity index (χ0v) is 14.0. The molecule has 0 spiro atoms. The molecule has 5 nitrogen and oxygen atoms in total. The molecule has 0 bridgehead atoms. The summed E-state index contributed by atoms with van der Waals surface area (Å²) in [5, 5.41) is 6.61. The first-order chi connectivity index (χ1) is 10.8. The molecule has 124 valence electrons. The van der Waals surface area contributed by atoms with Crippen LogP contribution in [0, 0.1) is 6.92 Å². The van der Waals surface area contributed by atoms with E-state index in [4.69, 9.17) is 9.47 Å². The Morgan fingerprint density at radius 3 is 2.68 bits per heavy atom. The largest absolute Gasteiger partial charge is 0.382 e. The molecule has 0 aliphatic carbocycles. The molecule has 1 aromatic carbocycles. The summed E-state index contributed by atoms with van der Waals surface area (Å²) in [6.07, 6.45) is 1.94. The van der Waals surface area contributed by atoms with Gasteiger partial charge in [-0.15, -0.1) is 0 Å². The lowest BCUT2D eigenvalue weighted by atomic mass is 10.1. The highest BCUT2D eigenvalue weighted by molar-refractivity contribution is 5.79. The molecule has 0 fully saturated rings. The Morgan fingerprint density at radius 1 is 1.14 bits per heavy atom. The van der Waals surface area contributed by atoms with Crippen molar-refractivity contribution < 1.29 is 9.47 Å². The van der Waals surface area contributed by atoms with Gasteiger partial charge in [-0.05, 0) is 25.3 Å². The summed E-state index contributed by atoms with van der Waals surface area (Å²) in [6, 6.07) is 8.59. The number of guanidine groups is 1. The minimum atomic E-state index is 0.648. The highest BCUT2D eigenvalue weighted by atomic mass is 16.5. The third-order valence-electron chi connectivity index (χ3n) is 3.20. The van der Waals surface area contributed by atoms with Gasteiger partial charge < -0.3 is 20.1 Å². The molecule has 0 radical (unpaired) electrons. The SMILES string of the molecule is CN=C(NCCCOCCOC)NCCc1cccc(C)c1. The minimum Gasteiger partial charge on any atom is -0.382 e. The normalized spacial score (nSPS) is 11.5. The smallest absolute Gasteiger partial charge is 0.190 e. The van der Waals surface area contributed by atoms with Crippen LogP contribution in [-0.2, 0) is 15.9 Å². The molecule has 5 heteroatoms. The van der Waals surface area contributed by atoms with Crippen LogP contribution in [0.4, 0.5) is 0 Å². The first-order valence-electron chi connectivity index (χ1n) is 7.83. The Labute approximate surface area is 134 Å². The fourth-order valence-corrected chi connectivity index (χ4v) is 2.04. The van der Waals surface area contributed by atoms with Gasteiger partial charge in [-0.3, -0.25) is 4.99 Å². The van der Waals surface area contributed by atoms with Crippen molar-refractivity contribution >= 4 is 5.96 Å². The van der Waals surface area contributed by atoms with Crippen LogP contribution in [0.25, 0.3) is 0 Å². The van der Waals surface area contributed by atoms with Crippen LogP contribution in [0.5, 0.6) is 0 Å². The van der Waals surface area contributed by atoms with Gasteiger partial charge in [0.25, 0.3) is 0 Å². The summed E-state index contributed by atoms with van der Waals surface area (Å²) < 4.78 is 10.3. The Hall–Kier alpha value is -1.59. The van der Waals surface area contributed by atoms with Crippen LogP contribution in [0.15, 0.2) is 29.3 Å². The van der Waals surface area contributed by atoms with Crippen LogP contribution in [0.1, 0.15) is 17.5 Å². The second-order valence-corrected chi connectivity index (χ2v) is 5.12. The number of aliphatic imine (C=N–C) groups is 1. The lowest BCUT2D eigenvalue weighted by Gasteiger charge is -2.12. The molecule has 0 saturated carbocycles. The predicted molar refractivity (Wildman–Crippen MR) is 91.6 cm³/mol. The van der Waals surface area contributed by atoms with Gasteiger partial charge in [-0.2, -0.15) is 0 Å². The fourth-order valence-electron chi connectivity index (χ4n) is 2.04. The van der Waals surface area contributed by atoms with E-state index in [9.17, 15) is 0 Å². The summed E-state index contributed by atoms with van der Waals surface area (Å²) in [5.74, 6) is 0.838. The van der Waals surface area contributed by atoms with Gasteiger partial charge in [0.1, 0.15) is 0 Å². The predicted octanol–water partition coefficient (Wildman–Crippen LogP) is 1.76. The van der Waals surface area contributed by atoms with Crippen LogP contribution in [-0.4, -0.2) is 53.0 Å². The van der Waals surface area contributed by atoms with E-state index in [1.54, 1.807) is 14.2 Å². The monoisotopic (exact) mass is 307 g/mol. The molecule has 0 atom stereocenters. The van der Waals surface area contributed by atoms with Gasteiger partial charge in [0.05, 0.1) is 13.2 Å². The van der Waals surface area contributed by atoms with E-state index in [1.165, 1.54) is 11.1 Å². The molecule has 2 N–H and O–H groups in total. The number of aryl methyl sites for hydroxylation is 1. The summed E-state index contributed by atoms with van der Waals surface area (Å²) in [4.78, 5) is 4.22. The Kier molecular flexibility index (Phi) is 10.1. The molecule has 0 unspecified atom stereocenters. The van der Waals surface area contributed by atoms with Gasteiger partial charge >= 0.3 is 0 Å². The number of benzene rings is 1. The third kappa shape index (κ3) is 8.64. The second-order valence-electron chi connectivity index (χ2n) is 5.12. The maximum atomic E-state index is 5.41. The standard InChI is InChI=1S/C17H29N3O2/c1-15-6-4-7-16(14-15)8-10-20-17(18-2)19-9-5-11-22-13-12-21-3/h4,6-7,14H,5,8-13H2,1-3H3,(H2,18,19,20).